The zero-order valence-corrected chi connectivity index (χ0v) is 6.90. The minimum absolute atomic E-state index is 0.102. The fourth-order valence-corrected chi connectivity index (χ4v) is 1.93. The summed E-state index contributed by atoms with van der Waals surface area (Å²) in [5.41, 5.74) is 2.05. The van der Waals surface area contributed by atoms with Crippen molar-refractivity contribution in [1.82, 2.24) is 0 Å². The zero-order chi connectivity index (χ0) is 7.41. The van der Waals surface area contributed by atoms with Crippen LogP contribution in [-0.2, 0) is 4.74 Å². The monoisotopic (exact) mass is 138 g/mol. The van der Waals surface area contributed by atoms with E-state index in [0.717, 1.165) is 13.0 Å². The van der Waals surface area contributed by atoms with Gasteiger partial charge in [0.15, 0.2) is 0 Å². The molecular formula is C9H14O. The summed E-state index contributed by atoms with van der Waals surface area (Å²) in [5, 5.41) is 0. The van der Waals surface area contributed by atoms with Crippen molar-refractivity contribution in [2.45, 2.75) is 32.8 Å². The first kappa shape index (κ1) is 6.41. The molecule has 1 heteroatoms. The summed E-state index contributed by atoms with van der Waals surface area (Å²) >= 11 is 0. The molecule has 0 N–H and O–H groups in total. The Morgan fingerprint density at radius 1 is 1.40 bits per heavy atom. The van der Waals surface area contributed by atoms with Crippen molar-refractivity contribution in [2.24, 2.45) is 5.41 Å². The Labute approximate surface area is 62.1 Å². The second-order valence-corrected chi connectivity index (χ2v) is 4.31. The van der Waals surface area contributed by atoms with E-state index in [0.29, 0.717) is 5.41 Å². The first-order valence-corrected chi connectivity index (χ1v) is 3.88. The van der Waals surface area contributed by atoms with Crippen LogP contribution in [-0.4, -0.2) is 12.2 Å². The molecule has 0 radical (unpaired) electrons. The van der Waals surface area contributed by atoms with Gasteiger partial charge in [-0.15, -0.1) is 0 Å². The van der Waals surface area contributed by atoms with Gasteiger partial charge in [0.2, 0.25) is 0 Å². The Hall–Kier alpha value is -0.300. The summed E-state index contributed by atoms with van der Waals surface area (Å²) in [7, 11) is 0. The third-order valence-corrected chi connectivity index (χ3v) is 2.55. The van der Waals surface area contributed by atoms with Gasteiger partial charge >= 0.3 is 0 Å². The van der Waals surface area contributed by atoms with Crippen LogP contribution < -0.4 is 0 Å². The molecule has 1 fully saturated rings. The fourth-order valence-electron chi connectivity index (χ4n) is 1.93. The molecule has 2 aliphatic rings. The van der Waals surface area contributed by atoms with E-state index in [4.69, 9.17) is 4.74 Å². The van der Waals surface area contributed by atoms with E-state index in [2.05, 4.69) is 26.8 Å². The highest BCUT2D eigenvalue weighted by atomic mass is 16.5. The van der Waals surface area contributed by atoms with Crippen LogP contribution in [0.2, 0.25) is 0 Å². The maximum Gasteiger partial charge on any atom is 0.0692 e. The molecule has 1 saturated heterocycles. The van der Waals surface area contributed by atoms with E-state index >= 15 is 0 Å². The molecule has 1 aliphatic heterocycles. The van der Waals surface area contributed by atoms with Crippen molar-refractivity contribution in [3.8, 4) is 0 Å². The fraction of sp³-hybridized carbons (Fsp3) is 0.778. The quantitative estimate of drug-likeness (QED) is 0.466. The second kappa shape index (κ2) is 1.48. The van der Waals surface area contributed by atoms with E-state index < -0.39 is 0 Å². The number of hydrogen-bond acceptors (Lipinski definition) is 1. The summed E-state index contributed by atoms with van der Waals surface area (Å²) in [4.78, 5) is 0. The van der Waals surface area contributed by atoms with E-state index in [-0.39, 0.29) is 5.60 Å². The van der Waals surface area contributed by atoms with E-state index in [9.17, 15) is 0 Å². The van der Waals surface area contributed by atoms with Crippen LogP contribution in [0.5, 0.6) is 0 Å². The van der Waals surface area contributed by atoms with Gasteiger partial charge in [0.1, 0.15) is 0 Å². The number of allylic oxidation sites excluding steroid dienone is 1. The van der Waals surface area contributed by atoms with Gasteiger partial charge in [0.25, 0.3) is 0 Å². The first-order chi connectivity index (χ1) is 4.52. The molecule has 1 heterocycles. The Bertz CT molecular complexity index is 200. The van der Waals surface area contributed by atoms with Gasteiger partial charge in [-0.1, -0.05) is 13.0 Å². The highest BCUT2D eigenvalue weighted by Gasteiger charge is 2.47. The predicted molar refractivity (Wildman–Crippen MR) is 40.8 cm³/mol. The maximum absolute atomic E-state index is 5.62. The molecule has 0 unspecified atom stereocenters. The lowest BCUT2D eigenvalue weighted by Crippen LogP contribution is -2.33. The number of fused-ring (bicyclic) bond motifs is 1. The minimum Gasteiger partial charge on any atom is -0.371 e. The Morgan fingerprint density at radius 2 is 2.10 bits per heavy atom. The second-order valence-electron chi connectivity index (χ2n) is 4.31. The van der Waals surface area contributed by atoms with Crippen LogP contribution in [0.4, 0.5) is 0 Å². The maximum atomic E-state index is 5.62. The predicted octanol–water partition coefficient (Wildman–Crippen LogP) is 2.13. The average molecular weight is 138 g/mol. The molecule has 2 rings (SSSR count). The summed E-state index contributed by atoms with van der Waals surface area (Å²) < 4.78 is 5.62. The third-order valence-electron chi connectivity index (χ3n) is 2.55. The lowest BCUT2D eigenvalue weighted by molar-refractivity contribution is -0.0430. The van der Waals surface area contributed by atoms with Crippen molar-refractivity contribution in [2.75, 3.05) is 6.61 Å². The van der Waals surface area contributed by atoms with Gasteiger partial charge in [-0.25, -0.2) is 0 Å². The Morgan fingerprint density at radius 3 is 2.60 bits per heavy atom. The molecule has 10 heavy (non-hydrogen) atoms. The van der Waals surface area contributed by atoms with Crippen LogP contribution in [0.15, 0.2) is 11.6 Å². The van der Waals surface area contributed by atoms with Gasteiger partial charge in [-0.05, 0) is 25.8 Å². The molecule has 0 aromatic heterocycles. The SMILES string of the molecule is CC1(C)C[C@@]2(C)C=C2CO1. The third kappa shape index (κ3) is 0.807. The first-order valence-electron chi connectivity index (χ1n) is 3.88. The molecule has 0 bridgehead atoms. The van der Waals surface area contributed by atoms with Crippen molar-refractivity contribution >= 4 is 0 Å². The van der Waals surface area contributed by atoms with Crippen LogP contribution >= 0.6 is 0 Å². The highest BCUT2D eigenvalue weighted by molar-refractivity contribution is 5.40. The van der Waals surface area contributed by atoms with E-state index in [1.165, 1.54) is 5.57 Å². The lowest BCUT2D eigenvalue weighted by atomic mass is 9.86. The number of hydrogen-bond donors (Lipinski definition) is 0. The van der Waals surface area contributed by atoms with Crippen LogP contribution in [0.3, 0.4) is 0 Å². The molecular weight excluding hydrogens is 124 g/mol. The average Bonchev–Trinajstić information content (AvgIpc) is 2.35. The molecule has 56 valence electrons. The molecule has 1 atom stereocenters. The highest BCUT2D eigenvalue weighted by Crippen LogP contribution is 2.53. The molecule has 0 aromatic rings. The van der Waals surface area contributed by atoms with Crippen LogP contribution in [0, 0.1) is 5.41 Å². The van der Waals surface area contributed by atoms with Crippen molar-refractivity contribution in [1.29, 1.82) is 0 Å². The summed E-state index contributed by atoms with van der Waals surface area (Å²) in [6.07, 6.45) is 3.50. The van der Waals surface area contributed by atoms with Crippen molar-refractivity contribution < 1.29 is 4.74 Å². The van der Waals surface area contributed by atoms with Gasteiger partial charge in [-0.3, -0.25) is 0 Å². The minimum atomic E-state index is 0.102. The lowest BCUT2D eigenvalue weighted by Gasteiger charge is -2.34. The van der Waals surface area contributed by atoms with Gasteiger partial charge in [-0.2, -0.15) is 0 Å². The largest absolute Gasteiger partial charge is 0.371 e. The molecule has 0 aromatic carbocycles. The van der Waals surface area contributed by atoms with Crippen LogP contribution in [0.25, 0.3) is 0 Å². The summed E-state index contributed by atoms with van der Waals surface area (Å²) in [6, 6.07) is 0. The van der Waals surface area contributed by atoms with Gasteiger partial charge in [0, 0.05) is 5.41 Å². The Balaban J connectivity index is 2.12. The smallest absolute Gasteiger partial charge is 0.0692 e. The van der Waals surface area contributed by atoms with Gasteiger partial charge in [0.05, 0.1) is 12.2 Å². The molecule has 1 nitrogen and oxygen atoms in total. The standard InChI is InChI=1S/C9H14O/c1-8(2)6-9(3)4-7(9)5-10-8/h4H,5-6H2,1-3H3/t9-/m1/s1. The molecule has 0 spiro atoms. The Kier molecular flexibility index (Phi) is 0.946. The van der Waals surface area contributed by atoms with Crippen molar-refractivity contribution in [3.05, 3.63) is 11.6 Å². The van der Waals surface area contributed by atoms with Gasteiger partial charge < -0.3 is 4.74 Å². The number of ether oxygens (including phenoxy) is 1. The molecule has 0 amide bonds. The molecule has 1 aliphatic carbocycles. The number of rotatable bonds is 0. The van der Waals surface area contributed by atoms with Crippen molar-refractivity contribution in [3.63, 3.8) is 0 Å². The zero-order valence-electron chi connectivity index (χ0n) is 6.90. The van der Waals surface area contributed by atoms with Crippen LogP contribution in [0.1, 0.15) is 27.2 Å². The topological polar surface area (TPSA) is 9.23 Å². The summed E-state index contributed by atoms with van der Waals surface area (Å²) in [5.74, 6) is 0. The van der Waals surface area contributed by atoms with E-state index in [1.807, 2.05) is 0 Å². The normalized spacial score (nSPS) is 42.1. The summed E-state index contributed by atoms with van der Waals surface area (Å²) in [6.45, 7) is 7.50. The van der Waals surface area contributed by atoms with E-state index in [1.54, 1.807) is 0 Å². The molecule has 0 saturated carbocycles.